The van der Waals surface area contributed by atoms with E-state index in [-0.39, 0.29) is 24.3 Å². The van der Waals surface area contributed by atoms with Crippen LogP contribution in [-0.2, 0) is 22.2 Å². The summed E-state index contributed by atoms with van der Waals surface area (Å²) in [4.78, 5) is 33.6. The van der Waals surface area contributed by atoms with Gasteiger partial charge in [-0.1, -0.05) is 12.1 Å². The van der Waals surface area contributed by atoms with E-state index in [1.807, 2.05) is 34.1 Å². The zero-order valence-corrected chi connectivity index (χ0v) is 19.0. The van der Waals surface area contributed by atoms with E-state index in [0.29, 0.717) is 38.3 Å². The normalized spacial score (nSPS) is 18.8. The summed E-state index contributed by atoms with van der Waals surface area (Å²) < 4.78 is 38.9. The third-order valence-electron chi connectivity index (χ3n) is 6.36. The molecule has 4 rings (SSSR count). The van der Waals surface area contributed by atoms with E-state index in [1.165, 1.54) is 6.20 Å². The van der Waals surface area contributed by atoms with Gasteiger partial charge in [0.15, 0.2) is 0 Å². The number of nitrogens with one attached hydrogen (secondary N) is 1. The fourth-order valence-electron chi connectivity index (χ4n) is 4.44. The Bertz CT molecular complexity index is 1020. The number of alkyl halides is 3. The van der Waals surface area contributed by atoms with Crippen LogP contribution in [0, 0.1) is 0 Å². The van der Waals surface area contributed by atoms with E-state index in [9.17, 15) is 22.8 Å². The molecule has 2 saturated heterocycles. The first-order valence-electron chi connectivity index (χ1n) is 11.3. The second kappa shape index (κ2) is 9.90. The minimum absolute atomic E-state index is 0.0953. The van der Waals surface area contributed by atoms with Crippen LogP contribution in [-0.4, -0.2) is 67.0 Å². The molecule has 0 spiro atoms. The number of piperazine rings is 1. The summed E-state index contributed by atoms with van der Waals surface area (Å²) in [7, 11) is 0. The Morgan fingerprint density at radius 2 is 1.71 bits per heavy atom. The Morgan fingerprint density at radius 1 is 1.00 bits per heavy atom. The zero-order chi connectivity index (χ0) is 24.3. The average Bonchev–Trinajstić information content (AvgIpc) is 3.27. The van der Waals surface area contributed by atoms with Gasteiger partial charge in [0, 0.05) is 64.1 Å². The standard InChI is InChI=1S/C24H28F3N5O2/c1-17(33)30-8-10-31(11-9-30)21-4-2-18(3-5-21)12-23(34)29-20-6-7-32(16-20)22-13-19(14-28-15-22)24(25,26)27/h2-5,13-15,20H,6-12,16H2,1H3,(H,29,34). The van der Waals surface area contributed by atoms with Crippen LogP contribution in [0.15, 0.2) is 42.7 Å². The van der Waals surface area contributed by atoms with Gasteiger partial charge in [-0.05, 0) is 30.2 Å². The molecule has 0 bridgehead atoms. The van der Waals surface area contributed by atoms with Gasteiger partial charge < -0.3 is 20.0 Å². The van der Waals surface area contributed by atoms with Crippen molar-refractivity contribution in [2.24, 2.45) is 0 Å². The summed E-state index contributed by atoms with van der Waals surface area (Å²) in [5.41, 5.74) is 1.59. The second-order valence-electron chi connectivity index (χ2n) is 8.77. The summed E-state index contributed by atoms with van der Waals surface area (Å²) in [6.07, 6.45) is -1.31. The van der Waals surface area contributed by atoms with Crippen molar-refractivity contribution in [2.75, 3.05) is 49.1 Å². The molecule has 2 aliphatic heterocycles. The van der Waals surface area contributed by atoms with Crippen LogP contribution >= 0.6 is 0 Å². The van der Waals surface area contributed by atoms with E-state index in [0.717, 1.165) is 36.6 Å². The molecule has 10 heteroatoms. The Balaban J connectivity index is 1.26. The molecule has 0 aliphatic carbocycles. The molecule has 3 heterocycles. The van der Waals surface area contributed by atoms with Crippen molar-refractivity contribution >= 4 is 23.2 Å². The molecule has 1 aromatic carbocycles. The molecule has 2 fully saturated rings. The van der Waals surface area contributed by atoms with Crippen LogP contribution < -0.4 is 15.1 Å². The van der Waals surface area contributed by atoms with Gasteiger partial charge in [0.2, 0.25) is 11.8 Å². The number of amides is 2. The lowest BCUT2D eigenvalue weighted by atomic mass is 10.1. The topological polar surface area (TPSA) is 68.8 Å². The van der Waals surface area contributed by atoms with E-state index in [1.54, 1.807) is 6.92 Å². The lowest BCUT2D eigenvalue weighted by Crippen LogP contribution is -2.48. The number of hydrogen-bond donors (Lipinski definition) is 1. The highest BCUT2D eigenvalue weighted by Crippen LogP contribution is 2.31. The first-order valence-corrected chi connectivity index (χ1v) is 11.3. The van der Waals surface area contributed by atoms with Crippen molar-refractivity contribution in [1.29, 1.82) is 0 Å². The molecule has 2 amide bonds. The number of anilines is 2. The molecule has 1 atom stereocenters. The minimum atomic E-state index is -4.44. The molecule has 0 saturated carbocycles. The van der Waals surface area contributed by atoms with Crippen LogP contribution in [0.4, 0.5) is 24.5 Å². The molecule has 0 radical (unpaired) electrons. The number of rotatable bonds is 5. The maximum Gasteiger partial charge on any atom is 0.417 e. The average molecular weight is 476 g/mol. The molecule has 182 valence electrons. The number of carbonyl (C=O) groups excluding carboxylic acids is 2. The first-order chi connectivity index (χ1) is 16.2. The van der Waals surface area contributed by atoms with Gasteiger partial charge in [-0.3, -0.25) is 14.6 Å². The third-order valence-corrected chi connectivity index (χ3v) is 6.36. The number of pyridine rings is 1. The smallest absolute Gasteiger partial charge is 0.368 e. The zero-order valence-electron chi connectivity index (χ0n) is 19.0. The first kappa shape index (κ1) is 23.8. The summed E-state index contributed by atoms with van der Waals surface area (Å²) >= 11 is 0. The molecule has 34 heavy (non-hydrogen) atoms. The van der Waals surface area contributed by atoms with Crippen LogP contribution in [0.1, 0.15) is 24.5 Å². The number of nitrogens with zero attached hydrogens (tertiary/aromatic N) is 4. The van der Waals surface area contributed by atoms with Gasteiger partial charge in [0.1, 0.15) is 0 Å². The van der Waals surface area contributed by atoms with E-state index in [4.69, 9.17) is 0 Å². The van der Waals surface area contributed by atoms with E-state index >= 15 is 0 Å². The van der Waals surface area contributed by atoms with Gasteiger partial charge in [-0.25, -0.2) is 0 Å². The predicted molar refractivity (Wildman–Crippen MR) is 123 cm³/mol. The Kier molecular flexibility index (Phi) is 6.95. The molecule has 1 N–H and O–H groups in total. The van der Waals surface area contributed by atoms with E-state index in [2.05, 4.69) is 15.2 Å². The summed E-state index contributed by atoms with van der Waals surface area (Å²) in [5, 5.41) is 2.99. The largest absolute Gasteiger partial charge is 0.417 e. The summed E-state index contributed by atoms with van der Waals surface area (Å²) in [5.74, 6) is -0.0188. The van der Waals surface area contributed by atoms with Crippen molar-refractivity contribution in [1.82, 2.24) is 15.2 Å². The number of hydrogen-bond acceptors (Lipinski definition) is 5. The molecular formula is C24H28F3N5O2. The summed E-state index contributed by atoms with van der Waals surface area (Å²) in [6.45, 7) is 5.54. The highest BCUT2D eigenvalue weighted by molar-refractivity contribution is 5.79. The third kappa shape index (κ3) is 5.78. The molecule has 7 nitrogen and oxygen atoms in total. The van der Waals surface area contributed by atoms with Crippen molar-refractivity contribution in [3.8, 4) is 0 Å². The van der Waals surface area contributed by atoms with Crippen LogP contribution in [0.2, 0.25) is 0 Å². The molecule has 1 unspecified atom stereocenters. The quantitative estimate of drug-likeness (QED) is 0.720. The van der Waals surface area contributed by atoms with Crippen LogP contribution in [0.25, 0.3) is 0 Å². The molecule has 2 aliphatic rings. The highest BCUT2D eigenvalue weighted by Gasteiger charge is 2.32. The minimum Gasteiger partial charge on any atom is -0.368 e. The van der Waals surface area contributed by atoms with Gasteiger partial charge >= 0.3 is 6.18 Å². The fourth-order valence-corrected chi connectivity index (χ4v) is 4.44. The number of halogens is 3. The molecule has 1 aromatic heterocycles. The van der Waals surface area contributed by atoms with E-state index < -0.39 is 11.7 Å². The lowest BCUT2D eigenvalue weighted by Gasteiger charge is -2.35. The van der Waals surface area contributed by atoms with Crippen molar-refractivity contribution in [3.05, 3.63) is 53.9 Å². The molecular weight excluding hydrogens is 447 g/mol. The maximum absolute atomic E-state index is 13.0. The summed E-state index contributed by atoms with van der Waals surface area (Å²) in [6, 6.07) is 8.81. The number of aromatic nitrogens is 1. The number of carbonyl (C=O) groups is 2. The Labute approximate surface area is 196 Å². The fraction of sp³-hybridized carbons (Fsp3) is 0.458. The predicted octanol–water partition coefficient (Wildman–Crippen LogP) is 2.71. The number of benzene rings is 1. The molecule has 2 aromatic rings. The SMILES string of the molecule is CC(=O)N1CCN(c2ccc(CC(=O)NC3CCN(c4cncc(C(F)(F)F)c4)C3)cc2)CC1. The second-order valence-corrected chi connectivity index (χ2v) is 8.77. The Hall–Kier alpha value is -3.30. The van der Waals surface area contributed by atoms with Crippen LogP contribution in [0.5, 0.6) is 0 Å². The monoisotopic (exact) mass is 475 g/mol. The van der Waals surface area contributed by atoms with Crippen molar-refractivity contribution < 1.29 is 22.8 Å². The van der Waals surface area contributed by atoms with Gasteiger partial charge in [0.05, 0.1) is 23.9 Å². The van der Waals surface area contributed by atoms with Crippen molar-refractivity contribution in [2.45, 2.75) is 32.0 Å². The Morgan fingerprint density at radius 3 is 2.35 bits per heavy atom. The van der Waals surface area contributed by atoms with Gasteiger partial charge in [-0.15, -0.1) is 0 Å². The lowest BCUT2D eigenvalue weighted by molar-refractivity contribution is -0.137. The van der Waals surface area contributed by atoms with Crippen LogP contribution in [0.3, 0.4) is 0 Å². The highest BCUT2D eigenvalue weighted by atomic mass is 19.4. The van der Waals surface area contributed by atoms with Crippen molar-refractivity contribution in [3.63, 3.8) is 0 Å². The maximum atomic E-state index is 13.0. The van der Waals surface area contributed by atoms with Gasteiger partial charge in [0.25, 0.3) is 0 Å². The van der Waals surface area contributed by atoms with Gasteiger partial charge in [-0.2, -0.15) is 13.2 Å².